The molecule has 1 heterocycles. The van der Waals surface area contributed by atoms with Crippen molar-refractivity contribution in [3.8, 4) is 11.5 Å². The molecule has 2 rings (SSSR count). The molecule has 1 aromatic rings. The monoisotopic (exact) mass is 253 g/mol. The van der Waals surface area contributed by atoms with Crippen molar-refractivity contribution < 1.29 is 24.5 Å². The van der Waals surface area contributed by atoms with Gasteiger partial charge < -0.3 is 25.4 Å². The van der Waals surface area contributed by atoms with Gasteiger partial charge in [-0.2, -0.15) is 0 Å². The van der Waals surface area contributed by atoms with Crippen LogP contribution in [0.4, 0.5) is 0 Å². The highest BCUT2D eigenvalue weighted by Gasteiger charge is 2.22. The van der Waals surface area contributed by atoms with Gasteiger partial charge in [-0.3, -0.25) is 4.79 Å². The number of fused-ring (bicyclic) bond motifs is 1. The van der Waals surface area contributed by atoms with Gasteiger partial charge in [0, 0.05) is 0 Å². The molecule has 0 saturated carbocycles. The highest BCUT2D eigenvalue weighted by Crippen LogP contribution is 2.33. The number of carbonyl (C=O) groups excluding carboxylic acids is 1. The molecular weight excluding hydrogens is 238 g/mol. The van der Waals surface area contributed by atoms with E-state index in [1.54, 1.807) is 18.2 Å². The standard InChI is InChI=1S/C12H15NO5/c13-11(15)6-8(14)12(16)7-1-2-9-10(5-7)18-4-3-17-9/h1-2,5,8,12,14,16H,3-4,6H2,(H2,13,15). The average Bonchev–Trinajstić information content (AvgIpc) is 2.36. The number of nitrogens with two attached hydrogens (primary N) is 1. The highest BCUT2D eigenvalue weighted by atomic mass is 16.6. The number of ether oxygens (including phenoxy) is 2. The van der Waals surface area contributed by atoms with Gasteiger partial charge in [0.05, 0.1) is 12.5 Å². The first-order chi connectivity index (χ1) is 8.58. The van der Waals surface area contributed by atoms with Gasteiger partial charge in [0.25, 0.3) is 0 Å². The number of hydrogen-bond donors (Lipinski definition) is 3. The maximum Gasteiger partial charge on any atom is 0.220 e. The smallest absolute Gasteiger partial charge is 0.220 e. The summed E-state index contributed by atoms with van der Waals surface area (Å²) in [6, 6.07) is 4.86. The number of carbonyl (C=O) groups is 1. The second kappa shape index (κ2) is 5.24. The van der Waals surface area contributed by atoms with Gasteiger partial charge in [0.2, 0.25) is 5.91 Å². The summed E-state index contributed by atoms with van der Waals surface area (Å²) < 4.78 is 10.7. The average molecular weight is 253 g/mol. The summed E-state index contributed by atoms with van der Waals surface area (Å²) in [5.41, 5.74) is 5.42. The Balaban J connectivity index is 2.15. The van der Waals surface area contributed by atoms with Crippen LogP contribution in [0.2, 0.25) is 0 Å². The van der Waals surface area contributed by atoms with Crippen LogP contribution >= 0.6 is 0 Å². The summed E-state index contributed by atoms with van der Waals surface area (Å²) in [5, 5.41) is 19.5. The van der Waals surface area contributed by atoms with Crippen LogP contribution in [0.3, 0.4) is 0 Å². The van der Waals surface area contributed by atoms with Crippen molar-refractivity contribution in [3.05, 3.63) is 23.8 Å². The maximum atomic E-state index is 10.7. The van der Waals surface area contributed by atoms with Gasteiger partial charge in [-0.1, -0.05) is 6.07 Å². The normalized spacial score (nSPS) is 17.0. The third kappa shape index (κ3) is 2.72. The zero-order chi connectivity index (χ0) is 13.1. The molecule has 0 bridgehead atoms. The Morgan fingerprint density at radius 2 is 1.94 bits per heavy atom. The Morgan fingerprint density at radius 1 is 1.28 bits per heavy atom. The molecule has 1 aromatic carbocycles. The lowest BCUT2D eigenvalue weighted by Gasteiger charge is -2.21. The summed E-state index contributed by atoms with van der Waals surface area (Å²) in [7, 11) is 0. The van der Waals surface area contributed by atoms with Crippen LogP contribution in [0.25, 0.3) is 0 Å². The summed E-state index contributed by atoms with van der Waals surface area (Å²) in [6.45, 7) is 0.926. The summed E-state index contributed by atoms with van der Waals surface area (Å²) in [6.07, 6.45) is -2.71. The number of amides is 1. The van der Waals surface area contributed by atoms with Crippen molar-refractivity contribution in [1.29, 1.82) is 0 Å². The van der Waals surface area contributed by atoms with Crippen LogP contribution in [0.5, 0.6) is 11.5 Å². The van der Waals surface area contributed by atoms with E-state index in [-0.39, 0.29) is 6.42 Å². The van der Waals surface area contributed by atoms with Crippen LogP contribution in [-0.2, 0) is 4.79 Å². The zero-order valence-electron chi connectivity index (χ0n) is 9.70. The quantitative estimate of drug-likeness (QED) is 0.685. The van der Waals surface area contributed by atoms with Gasteiger partial charge in [0.15, 0.2) is 11.5 Å². The lowest BCUT2D eigenvalue weighted by Crippen LogP contribution is -2.25. The minimum Gasteiger partial charge on any atom is -0.486 e. The molecule has 0 fully saturated rings. The first-order valence-corrected chi connectivity index (χ1v) is 5.62. The van der Waals surface area contributed by atoms with E-state index in [4.69, 9.17) is 15.2 Å². The molecule has 0 spiro atoms. The molecule has 1 aliphatic rings. The number of aliphatic hydroxyl groups is 2. The van der Waals surface area contributed by atoms with E-state index >= 15 is 0 Å². The fourth-order valence-electron chi connectivity index (χ4n) is 1.78. The molecule has 6 heteroatoms. The lowest BCUT2D eigenvalue weighted by atomic mass is 10.0. The van der Waals surface area contributed by atoms with Gasteiger partial charge in [-0.25, -0.2) is 0 Å². The van der Waals surface area contributed by atoms with E-state index in [9.17, 15) is 15.0 Å². The predicted molar refractivity (Wildman–Crippen MR) is 62.2 cm³/mol. The number of hydrogen-bond acceptors (Lipinski definition) is 5. The Bertz CT molecular complexity index is 448. The molecule has 2 unspecified atom stereocenters. The third-order valence-corrected chi connectivity index (χ3v) is 2.68. The fourth-order valence-corrected chi connectivity index (χ4v) is 1.78. The first kappa shape index (κ1) is 12.7. The number of rotatable bonds is 4. The highest BCUT2D eigenvalue weighted by molar-refractivity contribution is 5.74. The summed E-state index contributed by atoms with van der Waals surface area (Å²) in [4.78, 5) is 10.7. The topological polar surface area (TPSA) is 102 Å². The molecular formula is C12H15NO5. The molecule has 0 aliphatic carbocycles. The Hall–Kier alpha value is -1.79. The van der Waals surface area contributed by atoms with E-state index in [0.29, 0.717) is 30.3 Å². The van der Waals surface area contributed by atoms with E-state index in [1.807, 2.05) is 0 Å². The second-order valence-electron chi connectivity index (χ2n) is 4.09. The Labute approximate surface area is 104 Å². The number of aliphatic hydroxyl groups excluding tert-OH is 2. The van der Waals surface area contributed by atoms with Crippen molar-refractivity contribution >= 4 is 5.91 Å². The minimum atomic E-state index is -1.23. The Morgan fingerprint density at radius 3 is 2.61 bits per heavy atom. The molecule has 0 saturated heterocycles. The third-order valence-electron chi connectivity index (χ3n) is 2.68. The molecule has 2 atom stereocenters. The minimum absolute atomic E-state index is 0.296. The predicted octanol–water partition coefficient (Wildman–Crippen LogP) is -0.273. The van der Waals surface area contributed by atoms with E-state index in [1.165, 1.54) is 0 Å². The van der Waals surface area contributed by atoms with Crippen LogP contribution in [0.15, 0.2) is 18.2 Å². The van der Waals surface area contributed by atoms with Gasteiger partial charge >= 0.3 is 0 Å². The van der Waals surface area contributed by atoms with Crippen molar-refractivity contribution in [2.24, 2.45) is 5.73 Å². The van der Waals surface area contributed by atoms with Gasteiger partial charge in [-0.05, 0) is 17.7 Å². The SMILES string of the molecule is NC(=O)CC(O)C(O)c1ccc2c(c1)OCCO2. The molecule has 1 aliphatic heterocycles. The number of benzene rings is 1. The lowest BCUT2D eigenvalue weighted by molar-refractivity contribution is -0.121. The van der Waals surface area contributed by atoms with Crippen LogP contribution < -0.4 is 15.2 Å². The summed E-state index contributed by atoms with van der Waals surface area (Å²) >= 11 is 0. The molecule has 98 valence electrons. The molecule has 1 amide bonds. The second-order valence-corrected chi connectivity index (χ2v) is 4.09. The van der Waals surface area contributed by atoms with Crippen molar-refractivity contribution in [1.82, 2.24) is 0 Å². The molecule has 6 nitrogen and oxygen atoms in total. The molecule has 4 N–H and O–H groups in total. The van der Waals surface area contributed by atoms with Gasteiger partial charge in [0.1, 0.15) is 19.3 Å². The van der Waals surface area contributed by atoms with E-state index in [0.717, 1.165) is 0 Å². The maximum absolute atomic E-state index is 10.7. The molecule has 18 heavy (non-hydrogen) atoms. The van der Waals surface area contributed by atoms with Crippen LogP contribution in [0, 0.1) is 0 Å². The fraction of sp³-hybridized carbons (Fsp3) is 0.417. The van der Waals surface area contributed by atoms with Crippen molar-refractivity contribution in [3.63, 3.8) is 0 Å². The van der Waals surface area contributed by atoms with Gasteiger partial charge in [-0.15, -0.1) is 0 Å². The largest absolute Gasteiger partial charge is 0.486 e. The molecule has 0 aromatic heterocycles. The molecule has 0 radical (unpaired) electrons. The van der Waals surface area contributed by atoms with Crippen LogP contribution in [0.1, 0.15) is 18.1 Å². The summed E-state index contributed by atoms with van der Waals surface area (Å²) in [5.74, 6) is 0.449. The number of primary amides is 1. The van der Waals surface area contributed by atoms with E-state index < -0.39 is 18.1 Å². The van der Waals surface area contributed by atoms with Crippen molar-refractivity contribution in [2.45, 2.75) is 18.6 Å². The Kier molecular flexibility index (Phi) is 3.69. The van der Waals surface area contributed by atoms with Crippen LogP contribution in [-0.4, -0.2) is 35.4 Å². The van der Waals surface area contributed by atoms with Crippen molar-refractivity contribution in [2.75, 3.05) is 13.2 Å². The first-order valence-electron chi connectivity index (χ1n) is 5.62. The van der Waals surface area contributed by atoms with E-state index in [2.05, 4.69) is 0 Å². The zero-order valence-corrected chi connectivity index (χ0v) is 9.70.